The van der Waals surface area contributed by atoms with Gasteiger partial charge in [0.25, 0.3) is 0 Å². The minimum Gasteiger partial charge on any atom is -1.00 e. The van der Waals surface area contributed by atoms with Gasteiger partial charge in [-0.1, -0.05) is 0 Å². The van der Waals surface area contributed by atoms with Gasteiger partial charge in [-0.25, -0.2) is 0 Å². The summed E-state index contributed by atoms with van der Waals surface area (Å²) in [6.07, 6.45) is 0.638. The minimum absolute atomic E-state index is 0. The Bertz CT molecular complexity index is 1540. The van der Waals surface area contributed by atoms with E-state index >= 15 is 0 Å². The smallest absolute Gasteiger partial charge is 1.00 e. The van der Waals surface area contributed by atoms with E-state index in [2.05, 4.69) is 125 Å². The van der Waals surface area contributed by atoms with Crippen LogP contribution in [0.4, 0.5) is 0 Å². The average molecular weight is 666 g/mol. The van der Waals surface area contributed by atoms with Crippen LogP contribution < -0.4 is 29.6 Å². The zero-order valence-electron chi connectivity index (χ0n) is 23.9. The number of halogens is 2. The quantitative estimate of drug-likeness (QED) is 0.205. The van der Waals surface area contributed by atoms with Crippen molar-refractivity contribution in [2.75, 3.05) is 0 Å². The number of ether oxygens (including phenoxy) is 1. The molecule has 0 aliphatic heterocycles. The molecular weight excluding hydrogens is 631 g/mol. The Hall–Kier alpha value is -1.81. The van der Waals surface area contributed by atoms with Gasteiger partial charge < -0.3 is 24.8 Å². The van der Waals surface area contributed by atoms with Gasteiger partial charge in [-0.05, 0) is 0 Å². The molecule has 0 bridgehead atoms. The molecule has 0 saturated carbocycles. The molecule has 0 spiro atoms. The van der Waals surface area contributed by atoms with Gasteiger partial charge >= 0.3 is 240 Å². The summed E-state index contributed by atoms with van der Waals surface area (Å²) >= 11 is -1.17. The Balaban J connectivity index is 0.00000185. The fourth-order valence-corrected chi connectivity index (χ4v) is 12.1. The van der Waals surface area contributed by atoms with Gasteiger partial charge in [-0.2, -0.15) is 0 Å². The molecule has 0 aromatic heterocycles. The van der Waals surface area contributed by atoms with E-state index < -0.39 is 31.1 Å². The van der Waals surface area contributed by atoms with Crippen LogP contribution >= 0.6 is 0 Å². The molecule has 1 atom stereocenters. The van der Waals surface area contributed by atoms with Gasteiger partial charge in [-0.15, -0.1) is 0 Å². The van der Waals surface area contributed by atoms with Crippen LogP contribution in [0, 0.1) is 0 Å². The summed E-state index contributed by atoms with van der Waals surface area (Å²) in [6.45, 7) is 13.4. The molecule has 205 valence electrons. The van der Waals surface area contributed by atoms with Crippen LogP contribution in [0.2, 0.25) is 19.6 Å². The van der Waals surface area contributed by atoms with Gasteiger partial charge in [-0.3, -0.25) is 0 Å². The first-order valence-corrected chi connectivity index (χ1v) is 19.4. The van der Waals surface area contributed by atoms with Crippen LogP contribution in [-0.4, -0.2) is 17.8 Å². The van der Waals surface area contributed by atoms with E-state index in [1.165, 1.54) is 50.1 Å². The van der Waals surface area contributed by atoms with E-state index in [4.69, 9.17) is 9.16 Å². The Morgan fingerprint density at radius 2 is 1.30 bits per heavy atom. The molecule has 0 saturated heterocycles. The topological polar surface area (TPSA) is 18.5 Å². The first kappa shape index (κ1) is 31.1. The van der Waals surface area contributed by atoms with Gasteiger partial charge in [0.1, 0.15) is 0 Å². The van der Waals surface area contributed by atoms with Crippen molar-refractivity contribution in [3.63, 3.8) is 0 Å². The number of rotatable bonds is 6. The molecule has 2 nitrogen and oxygen atoms in total. The van der Waals surface area contributed by atoms with Crippen molar-refractivity contribution < 1.29 is 56.7 Å². The summed E-state index contributed by atoms with van der Waals surface area (Å²) in [6, 6.07) is 31.6. The SMILES string of the molecule is C[C](C)=[Zr+2][C]1(c2c(OC(C)O[Si](C)(C)C)ccc3c2Cc2ccccc2-3)c2ccccc2-c2ccccc21.[Cl-].[Cl-]. The van der Waals surface area contributed by atoms with Crippen molar-refractivity contribution in [3.8, 4) is 28.0 Å². The minimum atomic E-state index is -1.77. The molecule has 1 unspecified atom stereocenters. The van der Waals surface area contributed by atoms with Gasteiger partial charge in [0, 0.05) is 0 Å². The van der Waals surface area contributed by atoms with Crippen LogP contribution in [-0.2, 0) is 36.7 Å². The van der Waals surface area contributed by atoms with Gasteiger partial charge in [0.15, 0.2) is 0 Å². The van der Waals surface area contributed by atoms with Crippen molar-refractivity contribution in [3.05, 3.63) is 113 Å². The molecule has 0 amide bonds. The number of benzene rings is 4. The van der Waals surface area contributed by atoms with Crippen molar-refractivity contribution in [1.29, 1.82) is 0 Å². The fourth-order valence-electron chi connectivity index (χ4n) is 6.48. The molecule has 0 heterocycles. The number of hydrogen-bond acceptors (Lipinski definition) is 2. The van der Waals surface area contributed by atoms with E-state index in [1.54, 1.807) is 3.21 Å². The van der Waals surface area contributed by atoms with Crippen molar-refractivity contribution in [1.82, 2.24) is 0 Å². The zero-order chi connectivity index (χ0) is 26.7. The van der Waals surface area contributed by atoms with E-state index in [1.807, 2.05) is 0 Å². The predicted molar refractivity (Wildman–Crippen MR) is 157 cm³/mol. The molecule has 4 aromatic rings. The third-order valence-electron chi connectivity index (χ3n) is 7.53. The van der Waals surface area contributed by atoms with Crippen molar-refractivity contribution in [2.45, 2.75) is 56.2 Å². The van der Waals surface area contributed by atoms with Crippen molar-refractivity contribution in [2.24, 2.45) is 0 Å². The Morgan fingerprint density at radius 1 is 0.750 bits per heavy atom. The molecular formula is C34H35Cl2O2SiZr. The summed E-state index contributed by atoms with van der Waals surface area (Å²) in [5, 5.41) is 0. The van der Waals surface area contributed by atoms with Crippen LogP contribution in [0.15, 0.2) is 84.9 Å². The Kier molecular flexibility index (Phi) is 9.20. The van der Waals surface area contributed by atoms with Crippen LogP contribution in [0.3, 0.4) is 0 Å². The van der Waals surface area contributed by atoms with E-state index in [-0.39, 0.29) is 34.2 Å². The van der Waals surface area contributed by atoms with Gasteiger partial charge in [0.05, 0.1) is 0 Å². The first-order valence-electron chi connectivity index (χ1n) is 13.6. The largest absolute Gasteiger partial charge is 1.00 e. The molecule has 0 radical (unpaired) electrons. The summed E-state index contributed by atoms with van der Waals surface area (Å²) in [5.41, 5.74) is 12.6. The monoisotopic (exact) mass is 663 g/mol. The Labute approximate surface area is 263 Å². The molecule has 2 aliphatic rings. The first-order chi connectivity index (χ1) is 18.2. The normalized spacial score (nSPS) is 14.3. The second kappa shape index (κ2) is 11.8. The second-order valence-electron chi connectivity index (χ2n) is 11.7. The maximum Gasteiger partial charge on any atom is -1.00 e. The number of fused-ring (bicyclic) bond motifs is 6. The average Bonchev–Trinajstić information content (AvgIpc) is 3.37. The third-order valence-corrected chi connectivity index (χ3v) is 12.7. The van der Waals surface area contributed by atoms with Crippen LogP contribution in [0.5, 0.6) is 5.75 Å². The molecule has 2 aliphatic carbocycles. The summed E-state index contributed by atoms with van der Waals surface area (Å²) in [7, 11) is -1.77. The van der Waals surface area contributed by atoms with E-state index in [0.29, 0.717) is 0 Å². The van der Waals surface area contributed by atoms with E-state index in [0.717, 1.165) is 12.2 Å². The maximum atomic E-state index is 6.83. The van der Waals surface area contributed by atoms with Crippen LogP contribution in [0.25, 0.3) is 22.3 Å². The zero-order valence-corrected chi connectivity index (χ0v) is 28.9. The molecule has 6 heteroatoms. The molecule has 0 N–H and O–H groups in total. The predicted octanol–water partition coefficient (Wildman–Crippen LogP) is 2.41. The van der Waals surface area contributed by atoms with E-state index in [9.17, 15) is 0 Å². The summed E-state index contributed by atoms with van der Waals surface area (Å²) in [5.74, 6) is 0.982. The third kappa shape index (κ3) is 5.27. The summed E-state index contributed by atoms with van der Waals surface area (Å²) < 4.78 is 14.6. The summed E-state index contributed by atoms with van der Waals surface area (Å²) in [4.78, 5) is 0. The molecule has 0 fully saturated rings. The van der Waals surface area contributed by atoms with Gasteiger partial charge in [0.2, 0.25) is 0 Å². The second-order valence-corrected chi connectivity index (χ2v) is 21.1. The maximum absolute atomic E-state index is 6.83. The Morgan fingerprint density at radius 3 is 1.88 bits per heavy atom. The van der Waals surface area contributed by atoms with Crippen LogP contribution in [0.1, 0.15) is 48.6 Å². The standard InChI is InChI=1S/C31H29O2Si.C3H6.2ClH.Zr/c1-20(33-34(2,3)4)32-29-18-17-25-22-12-6-5-11-21(22)19-28(25)31(29)30-26-15-9-7-13-23(26)24-14-8-10-16-27(24)30;1-3-2;;;/h5-18,20H,19H2,1-4H3;1-2H3;2*1H;/q;;;;+2/p-2. The van der Waals surface area contributed by atoms with Crippen molar-refractivity contribution >= 4 is 11.5 Å². The fraction of sp³-hybridized carbons (Fsp3) is 0.265. The molecule has 6 rings (SSSR count). The molecule has 4 aromatic carbocycles. The molecule has 40 heavy (non-hydrogen) atoms. The number of hydrogen-bond donors (Lipinski definition) is 0.